The summed E-state index contributed by atoms with van der Waals surface area (Å²) < 4.78 is 0.378. The highest BCUT2D eigenvalue weighted by Crippen LogP contribution is 2.32. The van der Waals surface area contributed by atoms with Crippen molar-refractivity contribution in [3.8, 4) is 0 Å². The van der Waals surface area contributed by atoms with Gasteiger partial charge in [0.15, 0.2) is 4.47 Å². The van der Waals surface area contributed by atoms with E-state index in [1.807, 2.05) is 11.8 Å². The van der Waals surface area contributed by atoms with Crippen LogP contribution in [0.2, 0.25) is 4.47 Å². The first-order valence-electron chi connectivity index (χ1n) is 6.75. The second-order valence-corrected chi connectivity index (χ2v) is 7.21. The maximum atomic E-state index is 12.0. The fraction of sp³-hybridized carbons (Fsp3) is 0.615. The Bertz CT molecular complexity index is 556. The molecule has 1 atom stereocenters. The molecule has 0 aromatic carbocycles. The third-order valence-electron chi connectivity index (χ3n) is 3.76. The Hall–Kier alpha value is -1.14. The number of hydrogen-bond donors (Lipinski definition) is 1. The molecule has 1 N–H and O–H groups in total. The quantitative estimate of drug-likeness (QED) is 0.922. The average molecular weight is 314 g/mol. The number of carbonyl (C=O) groups is 2. The summed E-state index contributed by atoms with van der Waals surface area (Å²) in [6, 6.07) is 0.461. The molecule has 1 unspecified atom stereocenters. The van der Waals surface area contributed by atoms with Gasteiger partial charge in [-0.3, -0.25) is 9.59 Å². The molecule has 5 nitrogen and oxygen atoms in total. The van der Waals surface area contributed by atoms with Crippen molar-refractivity contribution in [1.29, 1.82) is 0 Å². The summed E-state index contributed by atoms with van der Waals surface area (Å²) in [5.41, 5.74) is 0.392. The van der Waals surface area contributed by atoms with Crippen molar-refractivity contribution in [2.75, 3.05) is 13.1 Å². The van der Waals surface area contributed by atoms with Crippen LogP contribution < -0.4 is 5.32 Å². The van der Waals surface area contributed by atoms with Gasteiger partial charge in [0.25, 0.3) is 5.91 Å². The number of nitrogens with one attached hydrogen (secondary N) is 1. The third-order valence-corrected chi connectivity index (χ3v) is 4.84. The molecule has 1 aliphatic carbocycles. The predicted octanol–water partition coefficient (Wildman–Crippen LogP) is 1.85. The van der Waals surface area contributed by atoms with Crippen molar-refractivity contribution in [2.45, 2.75) is 32.2 Å². The Balaban J connectivity index is 1.53. The van der Waals surface area contributed by atoms with E-state index in [0.717, 1.165) is 24.3 Å². The normalized spacial score (nSPS) is 22.4. The molecule has 1 saturated heterocycles. The van der Waals surface area contributed by atoms with Crippen LogP contribution in [-0.4, -0.2) is 40.8 Å². The van der Waals surface area contributed by atoms with E-state index >= 15 is 0 Å². The first kappa shape index (κ1) is 13.8. The summed E-state index contributed by atoms with van der Waals surface area (Å²) in [6.07, 6.45) is 2.79. The van der Waals surface area contributed by atoms with Crippen LogP contribution in [0.15, 0.2) is 0 Å². The maximum Gasteiger partial charge on any atom is 0.271 e. The van der Waals surface area contributed by atoms with Crippen molar-refractivity contribution in [3.05, 3.63) is 15.0 Å². The molecular formula is C13H16ClN3O2S. The molecule has 1 aromatic heterocycles. The molecule has 2 amide bonds. The highest BCUT2D eigenvalue weighted by Gasteiger charge is 2.39. The molecule has 0 bridgehead atoms. The highest BCUT2D eigenvalue weighted by atomic mass is 35.5. The lowest BCUT2D eigenvalue weighted by atomic mass is 10.1. The molecule has 108 valence electrons. The SMILES string of the molecule is Cc1sc(Cl)nc1C(=O)NCC1CC(=O)N(C2CC2)C1. The Morgan fingerprint density at radius 3 is 2.90 bits per heavy atom. The number of amides is 2. The molecule has 1 saturated carbocycles. The van der Waals surface area contributed by atoms with Crippen molar-refractivity contribution in [2.24, 2.45) is 5.92 Å². The largest absolute Gasteiger partial charge is 0.350 e. The van der Waals surface area contributed by atoms with Gasteiger partial charge < -0.3 is 10.2 Å². The number of thiazole rings is 1. The number of likely N-dealkylation sites (tertiary alicyclic amines) is 1. The first-order valence-corrected chi connectivity index (χ1v) is 7.94. The minimum atomic E-state index is -0.206. The molecule has 2 heterocycles. The van der Waals surface area contributed by atoms with Crippen molar-refractivity contribution in [3.63, 3.8) is 0 Å². The molecule has 7 heteroatoms. The summed E-state index contributed by atoms with van der Waals surface area (Å²) in [7, 11) is 0. The van der Waals surface area contributed by atoms with Crippen molar-refractivity contribution in [1.82, 2.24) is 15.2 Å². The van der Waals surface area contributed by atoms with Crippen molar-refractivity contribution >= 4 is 34.8 Å². The molecule has 20 heavy (non-hydrogen) atoms. The zero-order valence-electron chi connectivity index (χ0n) is 11.2. The Morgan fingerprint density at radius 1 is 1.55 bits per heavy atom. The van der Waals surface area contributed by atoms with Crippen LogP contribution in [0.25, 0.3) is 0 Å². The molecule has 0 radical (unpaired) electrons. The monoisotopic (exact) mass is 313 g/mol. The first-order chi connectivity index (χ1) is 9.54. The van der Waals surface area contributed by atoms with Gasteiger partial charge >= 0.3 is 0 Å². The van der Waals surface area contributed by atoms with Crippen LogP contribution in [0.4, 0.5) is 0 Å². The summed E-state index contributed by atoms with van der Waals surface area (Å²) in [5.74, 6) is 0.226. The van der Waals surface area contributed by atoms with Gasteiger partial charge in [0.2, 0.25) is 5.91 Å². The number of carbonyl (C=O) groups excluding carboxylic acids is 2. The number of halogens is 1. The van der Waals surface area contributed by atoms with Gasteiger partial charge in [-0.1, -0.05) is 11.6 Å². The van der Waals surface area contributed by atoms with Gasteiger partial charge in [0.05, 0.1) is 0 Å². The minimum absolute atomic E-state index is 0.206. The molecule has 2 fully saturated rings. The second-order valence-electron chi connectivity index (χ2n) is 5.43. The van der Waals surface area contributed by atoms with E-state index in [1.54, 1.807) is 0 Å². The second kappa shape index (κ2) is 5.33. The smallest absolute Gasteiger partial charge is 0.271 e. The minimum Gasteiger partial charge on any atom is -0.350 e. The van der Waals surface area contributed by atoms with Crippen LogP contribution >= 0.6 is 22.9 Å². The Morgan fingerprint density at radius 2 is 2.30 bits per heavy atom. The summed E-state index contributed by atoms with van der Waals surface area (Å²) >= 11 is 7.09. The van der Waals surface area contributed by atoms with E-state index in [9.17, 15) is 9.59 Å². The zero-order chi connectivity index (χ0) is 14.3. The lowest BCUT2D eigenvalue weighted by Crippen LogP contribution is -2.32. The van der Waals surface area contributed by atoms with E-state index in [-0.39, 0.29) is 17.7 Å². The molecule has 0 spiro atoms. The van der Waals surface area contributed by atoms with Crippen LogP contribution in [0.3, 0.4) is 0 Å². The van der Waals surface area contributed by atoms with E-state index in [1.165, 1.54) is 11.3 Å². The summed E-state index contributed by atoms with van der Waals surface area (Å²) in [6.45, 7) is 3.11. The molecular weight excluding hydrogens is 298 g/mol. The van der Waals surface area contributed by atoms with Crippen LogP contribution in [-0.2, 0) is 4.79 Å². The standard InChI is InChI=1S/C13H16ClN3O2S/c1-7-11(16-13(14)20-7)12(19)15-5-8-4-10(18)17(6-8)9-2-3-9/h8-9H,2-6H2,1H3,(H,15,19). The number of rotatable bonds is 4. The van der Waals surface area contributed by atoms with Gasteiger partial charge in [0, 0.05) is 36.3 Å². The molecule has 2 aliphatic rings. The number of aromatic nitrogens is 1. The van der Waals surface area contributed by atoms with Crippen LogP contribution in [0, 0.1) is 12.8 Å². The summed E-state index contributed by atoms with van der Waals surface area (Å²) in [4.78, 5) is 30.6. The highest BCUT2D eigenvalue weighted by molar-refractivity contribution is 7.15. The topological polar surface area (TPSA) is 62.3 Å². The number of nitrogens with zero attached hydrogens (tertiary/aromatic N) is 2. The predicted molar refractivity (Wildman–Crippen MR) is 77.0 cm³/mol. The van der Waals surface area contributed by atoms with Gasteiger partial charge in [0.1, 0.15) is 5.69 Å². The van der Waals surface area contributed by atoms with Gasteiger partial charge in [-0.05, 0) is 19.8 Å². The molecule has 3 rings (SSSR count). The van der Waals surface area contributed by atoms with E-state index in [2.05, 4.69) is 10.3 Å². The van der Waals surface area contributed by atoms with Gasteiger partial charge in [-0.15, -0.1) is 11.3 Å². The lowest BCUT2D eigenvalue weighted by Gasteiger charge is -2.15. The van der Waals surface area contributed by atoms with Gasteiger partial charge in [-0.2, -0.15) is 0 Å². The Labute approximate surface area is 126 Å². The van der Waals surface area contributed by atoms with Crippen molar-refractivity contribution < 1.29 is 9.59 Å². The molecule has 1 aromatic rings. The van der Waals surface area contributed by atoms with Crippen LogP contribution in [0.5, 0.6) is 0 Å². The zero-order valence-corrected chi connectivity index (χ0v) is 12.8. The molecule has 1 aliphatic heterocycles. The van der Waals surface area contributed by atoms with E-state index < -0.39 is 0 Å². The number of hydrogen-bond acceptors (Lipinski definition) is 4. The van der Waals surface area contributed by atoms with Gasteiger partial charge in [-0.25, -0.2) is 4.98 Å². The third kappa shape index (κ3) is 2.81. The van der Waals surface area contributed by atoms with E-state index in [0.29, 0.717) is 29.2 Å². The van der Waals surface area contributed by atoms with Crippen LogP contribution in [0.1, 0.15) is 34.6 Å². The fourth-order valence-electron chi connectivity index (χ4n) is 2.58. The fourth-order valence-corrected chi connectivity index (χ4v) is 3.64. The number of aryl methyl sites for hydroxylation is 1. The average Bonchev–Trinajstić information content (AvgIpc) is 3.09. The Kier molecular flexibility index (Phi) is 3.69. The van der Waals surface area contributed by atoms with E-state index in [4.69, 9.17) is 11.6 Å². The lowest BCUT2D eigenvalue weighted by molar-refractivity contribution is -0.128. The maximum absolute atomic E-state index is 12.0. The summed E-state index contributed by atoms with van der Waals surface area (Å²) in [5, 5.41) is 2.86.